The summed E-state index contributed by atoms with van der Waals surface area (Å²) in [5.41, 5.74) is 2.39. The van der Waals surface area contributed by atoms with Crippen molar-refractivity contribution in [2.75, 3.05) is 12.4 Å². The standard InChI is InChI=1S/C18H22N2O4S2/c1-3-24-18(23)20-15(21)12-6-7-25-17(12)19-16(22)14-9-11-8-10(2)4-5-13(11)26-14/h4-5,8,12,14,17H,3,6-7,9H2,1-2H3,(H,19,22)(H,20,21,23). The monoisotopic (exact) mass is 394 g/mol. The summed E-state index contributed by atoms with van der Waals surface area (Å²) >= 11 is 3.11. The van der Waals surface area contributed by atoms with Crippen molar-refractivity contribution in [1.29, 1.82) is 0 Å². The van der Waals surface area contributed by atoms with Gasteiger partial charge in [-0.05, 0) is 44.1 Å². The van der Waals surface area contributed by atoms with Gasteiger partial charge < -0.3 is 10.1 Å². The highest BCUT2D eigenvalue weighted by Gasteiger charge is 2.38. The molecular weight excluding hydrogens is 372 g/mol. The molecule has 0 aromatic heterocycles. The molecule has 6 nitrogen and oxygen atoms in total. The molecule has 1 aromatic rings. The SMILES string of the molecule is CCOC(=O)NC(=O)C1CCSC1NC(=O)C1Cc2cc(C)ccc2S1. The molecule has 140 valence electrons. The average molecular weight is 395 g/mol. The van der Waals surface area contributed by atoms with Crippen LogP contribution in [0.2, 0.25) is 0 Å². The zero-order chi connectivity index (χ0) is 18.7. The molecule has 26 heavy (non-hydrogen) atoms. The summed E-state index contributed by atoms with van der Waals surface area (Å²) in [6, 6.07) is 6.23. The van der Waals surface area contributed by atoms with Gasteiger partial charge >= 0.3 is 6.09 Å². The highest BCUT2D eigenvalue weighted by atomic mass is 32.2. The lowest BCUT2D eigenvalue weighted by molar-refractivity contribution is -0.125. The molecule has 0 radical (unpaired) electrons. The van der Waals surface area contributed by atoms with E-state index in [1.165, 1.54) is 22.9 Å². The van der Waals surface area contributed by atoms with E-state index in [1.807, 2.05) is 6.92 Å². The number of ether oxygens (including phenoxy) is 1. The summed E-state index contributed by atoms with van der Waals surface area (Å²) in [6.07, 6.45) is 0.583. The first-order valence-corrected chi connectivity index (χ1v) is 10.6. The maximum Gasteiger partial charge on any atom is 0.413 e. The zero-order valence-electron chi connectivity index (χ0n) is 14.7. The van der Waals surface area contributed by atoms with Crippen LogP contribution in [-0.2, 0) is 20.7 Å². The highest BCUT2D eigenvalue weighted by molar-refractivity contribution is 8.01. The lowest BCUT2D eigenvalue weighted by Gasteiger charge is -2.20. The Morgan fingerprint density at radius 1 is 1.27 bits per heavy atom. The Morgan fingerprint density at radius 2 is 2.08 bits per heavy atom. The Labute approximate surface area is 161 Å². The number of nitrogens with one attached hydrogen (secondary N) is 2. The van der Waals surface area contributed by atoms with Crippen molar-refractivity contribution in [2.24, 2.45) is 5.92 Å². The molecule has 3 atom stereocenters. The third-order valence-electron chi connectivity index (χ3n) is 4.40. The van der Waals surface area contributed by atoms with Crippen LogP contribution < -0.4 is 10.6 Å². The van der Waals surface area contributed by atoms with E-state index in [9.17, 15) is 14.4 Å². The number of hydrogen-bond donors (Lipinski definition) is 2. The van der Waals surface area contributed by atoms with Crippen molar-refractivity contribution in [3.63, 3.8) is 0 Å². The summed E-state index contributed by atoms with van der Waals surface area (Å²) in [4.78, 5) is 37.6. The highest BCUT2D eigenvalue weighted by Crippen LogP contribution is 2.38. The van der Waals surface area contributed by atoms with Gasteiger partial charge in [0.15, 0.2) is 0 Å². The Hall–Kier alpha value is -1.67. The van der Waals surface area contributed by atoms with Crippen LogP contribution in [0.4, 0.5) is 4.79 Å². The van der Waals surface area contributed by atoms with Crippen molar-refractivity contribution >= 4 is 41.4 Å². The normalized spacial score (nSPS) is 24.0. The zero-order valence-corrected chi connectivity index (χ0v) is 16.4. The molecule has 2 N–H and O–H groups in total. The van der Waals surface area contributed by atoms with Crippen molar-refractivity contribution in [3.05, 3.63) is 29.3 Å². The quantitative estimate of drug-likeness (QED) is 0.816. The number of benzene rings is 1. The molecule has 0 aliphatic carbocycles. The number of rotatable bonds is 4. The van der Waals surface area contributed by atoms with Crippen LogP contribution in [0.5, 0.6) is 0 Å². The van der Waals surface area contributed by atoms with Crippen LogP contribution in [0.25, 0.3) is 0 Å². The first-order chi connectivity index (χ1) is 12.5. The lowest BCUT2D eigenvalue weighted by Crippen LogP contribution is -2.46. The van der Waals surface area contributed by atoms with Gasteiger partial charge in [0, 0.05) is 4.90 Å². The molecule has 2 aliphatic heterocycles. The summed E-state index contributed by atoms with van der Waals surface area (Å²) in [7, 11) is 0. The van der Waals surface area contributed by atoms with Crippen molar-refractivity contribution in [3.8, 4) is 0 Å². The maximum atomic E-state index is 12.7. The summed E-state index contributed by atoms with van der Waals surface area (Å²) in [6.45, 7) is 3.93. The molecule has 3 rings (SSSR count). The number of thioether (sulfide) groups is 2. The van der Waals surface area contributed by atoms with Gasteiger partial charge in [-0.3, -0.25) is 14.9 Å². The van der Waals surface area contributed by atoms with E-state index in [-0.39, 0.29) is 23.1 Å². The van der Waals surface area contributed by atoms with Crippen LogP contribution >= 0.6 is 23.5 Å². The Bertz CT molecular complexity index is 725. The predicted octanol–water partition coefficient (Wildman–Crippen LogP) is 2.48. The van der Waals surface area contributed by atoms with Gasteiger partial charge in [-0.2, -0.15) is 0 Å². The summed E-state index contributed by atoms with van der Waals surface area (Å²) in [5, 5.41) is 4.75. The minimum atomic E-state index is -0.739. The Morgan fingerprint density at radius 3 is 2.85 bits per heavy atom. The smallest absolute Gasteiger partial charge is 0.413 e. The largest absolute Gasteiger partial charge is 0.450 e. The second kappa shape index (κ2) is 8.35. The van der Waals surface area contributed by atoms with Gasteiger partial charge in [0.1, 0.15) is 0 Å². The van der Waals surface area contributed by atoms with Crippen molar-refractivity contribution in [2.45, 2.75) is 42.2 Å². The van der Waals surface area contributed by atoms with Gasteiger partial charge in [-0.15, -0.1) is 23.5 Å². The van der Waals surface area contributed by atoms with Gasteiger partial charge in [0.25, 0.3) is 0 Å². The molecule has 1 fully saturated rings. The van der Waals surface area contributed by atoms with Gasteiger partial charge in [0.2, 0.25) is 11.8 Å². The van der Waals surface area contributed by atoms with Crippen LogP contribution in [-0.4, -0.2) is 40.9 Å². The number of carbonyl (C=O) groups excluding carboxylic acids is 3. The lowest BCUT2D eigenvalue weighted by atomic mass is 10.0. The summed E-state index contributed by atoms with van der Waals surface area (Å²) in [5.74, 6) is -0.110. The van der Waals surface area contributed by atoms with E-state index in [1.54, 1.807) is 18.7 Å². The molecule has 1 aromatic carbocycles. The fourth-order valence-electron chi connectivity index (χ4n) is 3.12. The number of alkyl carbamates (subject to hydrolysis) is 1. The van der Waals surface area contributed by atoms with Crippen LogP contribution in [0.1, 0.15) is 24.5 Å². The van der Waals surface area contributed by atoms with E-state index in [0.29, 0.717) is 12.8 Å². The molecule has 2 heterocycles. The number of carbonyl (C=O) groups is 3. The van der Waals surface area contributed by atoms with E-state index in [2.05, 4.69) is 28.8 Å². The van der Waals surface area contributed by atoms with Crippen molar-refractivity contribution in [1.82, 2.24) is 10.6 Å². The number of imide groups is 1. The van der Waals surface area contributed by atoms with Gasteiger partial charge in [-0.25, -0.2) is 4.79 Å². The third kappa shape index (κ3) is 4.35. The molecule has 3 unspecified atom stereocenters. The topological polar surface area (TPSA) is 84.5 Å². The minimum Gasteiger partial charge on any atom is -0.450 e. The van der Waals surface area contributed by atoms with Crippen LogP contribution in [0, 0.1) is 12.8 Å². The third-order valence-corrected chi connectivity index (χ3v) is 6.99. The van der Waals surface area contributed by atoms with Gasteiger partial charge in [0.05, 0.1) is 23.1 Å². The number of fused-ring (bicyclic) bond motifs is 1. The average Bonchev–Trinajstić information content (AvgIpc) is 3.21. The minimum absolute atomic E-state index is 0.0582. The fraction of sp³-hybridized carbons (Fsp3) is 0.500. The number of hydrogen-bond acceptors (Lipinski definition) is 6. The first kappa shape index (κ1) is 19.1. The van der Waals surface area contributed by atoms with E-state index in [4.69, 9.17) is 4.74 Å². The number of amides is 3. The van der Waals surface area contributed by atoms with Crippen LogP contribution in [0.3, 0.4) is 0 Å². The van der Waals surface area contributed by atoms with E-state index >= 15 is 0 Å². The molecule has 1 saturated heterocycles. The Balaban J connectivity index is 1.57. The number of aryl methyl sites for hydroxylation is 1. The van der Waals surface area contributed by atoms with Crippen molar-refractivity contribution < 1.29 is 19.1 Å². The molecular formula is C18H22N2O4S2. The molecule has 2 aliphatic rings. The molecule has 0 saturated carbocycles. The predicted molar refractivity (Wildman–Crippen MR) is 102 cm³/mol. The summed E-state index contributed by atoms with van der Waals surface area (Å²) < 4.78 is 4.75. The maximum absolute atomic E-state index is 12.7. The van der Waals surface area contributed by atoms with Crippen LogP contribution in [0.15, 0.2) is 23.1 Å². The second-order valence-electron chi connectivity index (χ2n) is 6.33. The van der Waals surface area contributed by atoms with E-state index < -0.39 is 17.9 Å². The van der Waals surface area contributed by atoms with Gasteiger partial charge in [-0.1, -0.05) is 17.7 Å². The molecule has 0 spiro atoms. The second-order valence-corrected chi connectivity index (χ2v) is 8.82. The van der Waals surface area contributed by atoms with E-state index in [0.717, 1.165) is 10.6 Å². The molecule has 0 bridgehead atoms. The molecule has 8 heteroatoms. The Kier molecular flexibility index (Phi) is 6.13. The first-order valence-electron chi connectivity index (χ1n) is 8.63. The molecule has 3 amide bonds. The fourth-order valence-corrected chi connectivity index (χ4v) is 5.64.